The molecule has 1 aliphatic carbocycles. The van der Waals surface area contributed by atoms with Crippen molar-refractivity contribution in [1.82, 2.24) is 5.32 Å². The van der Waals surface area contributed by atoms with Gasteiger partial charge in [-0.05, 0) is 6.42 Å². The highest BCUT2D eigenvalue weighted by Gasteiger charge is 2.48. The fraction of sp³-hybridized carbons (Fsp3) is 0.933. The van der Waals surface area contributed by atoms with E-state index in [1.165, 1.54) is 0 Å². The summed E-state index contributed by atoms with van der Waals surface area (Å²) < 4.78 is 11.1. The first-order chi connectivity index (χ1) is 12.2. The van der Waals surface area contributed by atoms with Crippen LogP contribution in [0.4, 0.5) is 0 Å². The smallest absolute Gasteiger partial charge is 0.220 e. The highest BCUT2D eigenvalue weighted by Crippen LogP contribution is 2.27. The lowest BCUT2D eigenvalue weighted by atomic mass is 9.84. The van der Waals surface area contributed by atoms with Crippen LogP contribution in [-0.4, -0.2) is 93.9 Å². The molecule has 0 radical (unpaired) electrons. The van der Waals surface area contributed by atoms with Crippen molar-refractivity contribution < 1.29 is 34.7 Å². The second kappa shape index (κ2) is 8.87. The van der Waals surface area contributed by atoms with Gasteiger partial charge in [-0.2, -0.15) is 0 Å². The molecule has 1 aliphatic heterocycles. The molecular weight excluding hydrogens is 348 g/mol. The summed E-state index contributed by atoms with van der Waals surface area (Å²) in [5, 5.41) is 43.2. The zero-order chi connectivity index (χ0) is 19.6. The molecule has 1 amide bonds. The van der Waals surface area contributed by atoms with Crippen molar-refractivity contribution in [3.8, 4) is 0 Å². The molecule has 10 unspecified atom stereocenters. The van der Waals surface area contributed by atoms with E-state index in [0.29, 0.717) is 0 Å². The molecule has 1 heterocycles. The lowest BCUT2D eigenvalue weighted by Crippen LogP contribution is -2.68. The van der Waals surface area contributed by atoms with E-state index in [0.717, 1.165) is 0 Å². The first-order valence-corrected chi connectivity index (χ1v) is 8.75. The third-order valence-electron chi connectivity index (χ3n) is 4.99. The normalized spacial score (nSPS) is 46.8. The fourth-order valence-electron chi connectivity index (χ4n) is 3.31. The van der Waals surface area contributed by atoms with E-state index >= 15 is 0 Å². The van der Waals surface area contributed by atoms with Crippen LogP contribution in [0.3, 0.4) is 0 Å². The molecule has 152 valence electrons. The SMILES string of the molecule is CCC(=O)NC1CC(N)C(OC2OC(CN)C(O)C(O)C2N)C(O)C1O. The number of amides is 1. The number of hydrogen-bond acceptors (Lipinski definition) is 10. The predicted molar refractivity (Wildman–Crippen MR) is 89.4 cm³/mol. The monoisotopic (exact) mass is 378 g/mol. The number of ether oxygens (including phenoxy) is 2. The van der Waals surface area contributed by atoms with Crippen molar-refractivity contribution in [2.24, 2.45) is 17.2 Å². The van der Waals surface area contributed by atoms with Gasteiger partial charge in [0.05, 0.1) is 12.1 Å². The third kappa shape index (κ3) is 4.32. The Morgan fingerprint density at radius 1 is 1.15 bits per heavy atom. The fourth-order valence-corrected chi connectivity index (χ4v) is 3.31. The van der Waals surface area contributed by atoms with Crippen LogP contribution in [0.1, 0.15) is 19.8 Å². The maximum Gasteiger partial charge on any atom is 0.220 e. The van der Waals surface area contributed by atoms with Gasteiger partial charge in [-0.25, -0.2) is 0 Å². The van der Waals surface area contributed by atoms with Gasteiger partial charge in [0.15, 0.2) is 6.29 Å². The van der Waals surface area contributed by atoms with Gasteiger partial charge in [0.2, 0.25) is 5.91 Å². The van der Waals surface area contributed by atoms with E-state index in [-0.39, 0.29) is 25.3 Å². The van der Waals surface area contributed by atoms with E-state index in [2.05, 4.69) is 5.32 Å². The first-order valence-electron chi connectivity index (χ1n) is 8.75. The molecule has 0 aromatic heterocycles. The third-order valence-corrected chi connectivity index (χ3v) is 4.99. The Hall–Kier alpha value is -0.890. The largest absolute Gasteiger partial charge is 0.388 e. The number of rotatable bonds is 5. The van der Waals surface area contributed by atoms with Crippen molar-refractivity contribution in [3.05, 3.63) is 0 Å². The van der Waals surface area contributed by atoms with Crippen LogP contribution in [-0.2, 0) is 14.3 Å². The molecule has 0 aromatic rings. The minimum Gasteiger partial charge on any atom is -0.388 e. The van der Waals surface area contributed by atoms with E-state index in [4.69, 9.17) is 26.7 Å². The average Bonchev–Trinajstić information content (AvgIpc) is 2.62. The topological polar surface area (TPSA) is 207 Å². The summed E-state index contributed by atoms with van der Waals surface area (Å²) in [4.78, 5) is 11.5. The summed E-state index contributed by atoms with van der Waals surface area (Å²) in [7, 11) is 0. The van der Waals surface area contributed by atoms with Crippen molar-refractivity contribution in [2.75, 3.05) is 6.54 Å². The minimum absolute atomic E-state index is 0.0716. The quantitative estimate of drug-likeness (QED) is 0.230. The minimum atomic E-state index is -1.41. The van der Waals surface area contributed by atoms with Gasteiger partial charge in [0, 0.05) is 19.0 Å². The number of aliphatic hydroxyl groups is 4. The van der Waals surface area contributed by atoms with Crippen LogP contribution in [0.15, 0.2) is 0 Å². The zero-order valence-electron chi connectivity index (χ0n) is 14.6. The molecule has 1 saturated heterocycles. The molecule has 11 N–H and O–H groups in total. The van der Waals surface area contributed by atoms with Crippen LogP contribution in [0.5, 0.6) is 0 Å². The van der Waals surface area contributed by atoms with E-state index in [9.17, 15) is 25.2 Å². The second-order valence-electron chi connectivity index (χ2n) is 6.85. The molecule has 0 spiro atoms. The predicted octanol–water partition coefficient (Wildman–Crippen LogP) is -4.55. The molecule has 2 rings (SSSR count). The summed E-state index contributed by atoms with van der Waals surface area (Å²) in [6.45, 7) is 1.60. The van der Waals surface area contributed by atoms with Crippen molar-refractivity contribution in [2.45, 2.75) is 80.8 Å². The number of carbonyl (C=O) groups is 1. The lowest BCUT2D eigenvalue weighted by Gasteiger charge is -2.46. The van der Waals surface area contributed by atoms with Gasteiger partial charge in [0.1, 0.15) is 36.6 Å². The van der Waals surface area contributed by atoms with Gasteiger partial charge in [-0.1, -0.05) is 6.92 Å². The standard InChI is InChI=1S/C15H30N4O7/c1-2-8(20)19-6-3-5(17)14(13(24)10(6)21)26-15-9(18)12(23)11(22)7(4-16)25-15/h5-7,9-15,21-24H,2-4,16-18H2,1H3,(H,19,20). The second-order valence-corrected chi connectivity index (χ2v) is 6.85. The summed E-state index contributed by atoms with van der Waals surface area (Å²) in [6, 6.07) is -2.54. The number of nitrogens with one attached hydrogen (secondary N) is 1. The molecule has 0 bridgehead atoms. The maximum absolute atomic E-state index is 11.5. The Labute approximate surface area is 151 Å². The maximum atomic E-state index is 11.5. The Kier molecular flexibility index (Phi) is 7.30. The van der Waals surface area contributed by atoms with Gasteiger partial charge < -0.3 is 52.4 Å². The van der Waals surface area contributed by atoms with Crippen molar-refractivity contribution in [1.29, 1.82) is 0 Å². The molecule has 2 aliphatic rings. The number of hydrogen-bond donors (Lipinski definition) is 8. The molecule has 11 nitrogen and oxygen atoms in total. The van der Waals surface area contributed by atoms with Crippen LogP contribution in [0.25, 0.3) is 0 Å². The molecule has 1 saturated carbocycles. The number of aliphatic hydroxyl groups excluding tert-OH is 4. The van der Waals surface area contributed by atoms with Crippen LogP contribution >= 0.6 is 0 Å². The Balaban J connectivity index is 2.06. The van der Waals surface area contributed by atoms with Crippen molar-refractivity contribution in [3.63, 3.8) is 0 Å². The number of nitrogens with two attached hydrogens (primary N) is 3. The van der Waals surface area contributed by atoms with Crippen LogP contribution < -0.4 is 22.5 Å². The summed E-state index contributed by atoms with van der Waals surface area (Å²) >= 11 is 0. The average molecular weight is 378 g/mol. The Morgan fingerprint density at radius 2 is 1.81 bits per heavy atom. The molecular formula is C15H30N4O7. The summed E-state index contributed by atoms with van der Waals surface area (Å²) in [5.41, 5.74) is 17.4. The van der Waals surface area contributed by atoms with Gasteiger partial charge in [-0.3, -0.25) is 4.79 Å². The molecule has 11 heteroatoms. The van der Waals surface area contributed by atoms with E-state index in [1.807, 2.05) is 0 Å². The van der Waals surface area contributed by atoms with Gasteiger partial charge in [0.25, 0.3) is 0 Å². The Bertz CT molecular complexity index is 483. The highest BCUT2D eigenvalue weighted by atomic mass is 16.7. The van der Waals surface area contributed by atoms with Gasteiger partial charge >= 0.3 is 0 Å². The highest BCUT2D eigenvalue weighted by molar-refractivity contribution is 5.75. The molecule has 10 atom stereocenters. The zero-order valence-corrected chi connectivity index (χ0v) is 14.6. The molecule has 26 heavy (non-hydrogen) atoms. The molecule has 0 aromatic carbocycles. The summed E-state index contributed by atoms with van der Waals surface area (Å²) in [6.07, 6.45) is -8.01. The van der Waals surface area contributed by atoms with E-state index < -0.39 is 61.0 Å². The van der Waals surface area contributed by atoms with Gasteiger partial charge in [-0.15, -0.1) is 0 Å². The van der Waals surface area contributed by atoms with Crippen LogP contribution in [0.2, 0.25) is 0 Å². The van der Waals surface area contributed by atoms with E-state index in [1.54, 1.807) is 6.92 Å². The van der Waals surface area contributed by atoms with Crippen molar-refractivity contribution >= 4 is 5.91 Å². The lowest BCUT2D eigenvalue weighted by molar-refractivity contribution is -0.288. The summed E-state index contributed by atoms with van der Waals surface area (Å²) in [5.74, 6) is -0.270. The van der Waals surface area contributed by atoms with Crippen LogP contribution in [0, 0.1) is 0 Å². The first kappa shape index (κ1) is 21.4. The number of carbonyl (C=O) groups excluding carboxylic acids is 1. The molecule has 2 fully saturated rings. The Morgan fingerprint density at radius 3 is 2.38 bits per heavy atom.